The fraction of sp³-hybridized carbons (Fsp3) is 0.391. The molecule has 0 aromatic heterocycles. The Labute approximate surface area is 172 Å². The molecule has 2 amide bonds. The highest BCUT2D eigenvalue weighted by atomic mass is 16.5. The molecule has 2 N–H and O–H groups in total. The quantitative estimate of drug-likeness (QED) is 0.738. The van der Waals surface area contributed by atoms with Crippen molar-refractivity contribution in [1.29, 1.82) is 0 Å². The van der Waals surface area contributed by atoms with Crippen LogP contribution < -0.4 is 10.6 Å². The third-order valence-electron chi connectivity index (χ3n) is 5.07. The normalized spacial score (nSPS) is 14.2. The molecule has 1 fully saturated rings. The fourth-order valence-corrected chi connectivity index (χ4v) is 3.51. The number of amides is 2. The van der Waals surface area contributed by atoms with Crippen LogP contribution in [0.4, 0.5) is 10.5 Å². The third-order valence-corrected chi connectivity index (χ3v) is 5.07. The summed E-state index contributed by atoms with van der Waals surface area (Å²) in [7, 11) is 0. The van der Waals surface area contributed by atoms with Gasteiger partial charge in [0.1, 0.15) is 0 Å². The van der Waals surface area contributed by atoms with Gasteiger partial charge in [-0.3, -0.25) is 15.0 Å². The van der Waals surface area contributed by atoms with E-state index < -0.39 is 6.09 Å². The number of carbonyl (C=O) groups is 2. The number of rotatable bonds is 7. The van der Waals surface area contributed by atoms with Crippen molar-refractivity contribution < 1.29 is 14.3 Å². The van der Waals surface area contributed by atoms with E-state index in [9.17, 15) is 9.59 Å². The van der Waals surface area contributed by atoms with Gasteiger partial charge >= 0.3 is 6.09 Å². The molecular weight excluding hydrogens is 366 g/mol. The molecule has 2 aromatic carbocycles. The van der Waals surface area contributed by atoms with Crippen LogP contribution in [0.3, 0.4) is 0 Å². The van der Waals surface area contributed by atoms with Crippen LogP contribution in [0.2, 0.25) is 0 Å². The summed E-state index contributed by atoms with van der Waals surface area (Å²) in [5.41, 5.74) is 3.55. The summed E-state index contributed by atoms with van der Waals surface area (Å²) in [5, 5.41) is 5.62. The van der Waals surface area contributed by atoms with Gasteiger partial charge < -0.3 is 10.1 Å². The summed E-state index contributed by atoms with van der Waals surface area (Å²) < 4.78 is 4.84. The number of hydrogen-bond acceptors (Lipinski definition) is 4. The molecule has 0 saturated carbocycles. The molecule has 6 heteroatoms. The molecule has 0 spiro atoms. The van der Waals surface area contributed by atoms with Gasteiger partial charge in [-0.25, -0.2) is 4.79 Å². The van der Waals surface area contributed by atoms with E-state index in [1.54, 1.807) is 31.2 Å². The zero-order chi connectivity index (χ0) is 20.5. The molecule has 0 atom stereocenters. The Kier molecular flexibility index (Phi) is 7.64. The van der Waals surface area contributed by atoms with Gasteiger partial charge in [-0.2, -0.15) is 0 Å². The van der Waals surface area contributed by atoms with Crippen LogP contribution in [0.5, 0.6) is 0 Å². The van der Waals surface area contributed by atoms with Gasteiger partial charge in [0.15, 0.2) is 0 Å². The average molecular weight is 396 g/mol. The lowest BCUT2D eigenvalue weighted by molar-refractivity contribution is 0.0950. The highest BCUT2D eigenvalue weighted by molar-refractivity contribution is 5.95. The lowest BCUT2D eigenvalue weighted by atomic mass is 10.0. The first kappa shape index (κ1) is 20.9. The number of benzene rings is 2. The van der Waals surface area contributed by atoms with Crippen LogP contribution in [0.25, 0.3) is 0 Å². The summed E-state index contributed by atoms with van der Waals surface area (Å²) in [6.45, 7) is 5.77. The SMILES string of the molecule is CCOC(=O)Nc1ccc(C(=O)NCc2ccccc2CN2CCCCC2)cc1. The average Bonchev–Trinajstić information content (AvgIpc) is 2.74. The van der Waals surface area contributed by atoms with Crippen molar-refractivity contribution in [2.45, 2.75) is 39.3 Å². The summed E-state index contributed by atoms with van der Waals surface area (Å²) >= 11 is 0. The molecule has 0 aliphatic carbocycles. The monoisotopic (exact) mass is 395 g/mol. The number of piperidine rings is 1. The molecule has 1 aliphatic heterocycles. The van der Waals surface area contributed by atoms with Crippen LogP contribution in [0.1, 0.15) is 47.7 Å². The second kappa shape index (κ2) is 10.6. The number of nitrogens with one attached hydrogen (secondary N) is 2. The van der Waals surface area contributed by atoms with Crippen molar-refractivity contribution in [3.05, 3.63) is 65.2 Å². The standard InChI is InChI=1S/C23H29N3O3/c1-2-29-23(28)25-21-12-10-18(11-13-21)22(27)24-16-19-8-4-5-9-20(19)17-26-14-6-3-7-15-26/h4-5,8-13H,2-3,6-7,14-17H2,1H3,(H,24,27)(H,25,28). The number of anilines is 1. The van der Waals surface area contributed by atoms with Gasteiger partial charge in [0, 0.05) is 24.3 Å². The van der Waals surface area contributed by atoms with E-state index >= 15 is 0 Å². The Morgan fingerprint density at radius 2 is 1.66 bits per heavy atom. The smallest absolute Gasteiger partial charge is 0.411 e. The maximum atomic E-state index is 12.5. The van der Waals surface area contributed by atoms with Gasteiger partial charge in [-0.05, 0) is 68.2 Å². The van der Waals surface area contributed by atoms with Crippen LogP contribution >= 0.6 is 0 Å². The van der Waals surface area contributed by atoms with Crippen LogP contribution in [0.15, 0.2) is 48.5 Å². The minimum Gasteiger partial charge on any atom is -0.450 e. The lowest BCUT2D eigenvalue weighted by Gasteiger charge is -2.27. The number of likely N-dealkylation sites (tertiary alicyclic amines) is 1. The van der Waals surface area contributed by atoms with Gasteiger partial charge in [0.2, 0.25) is 0 Å². The molecule has 0 bridgehead atoms. The second-order valence-corrected chi connectivity index (χ2v) is 7.21. The van der Waals surface area contributed by atoms with E-state index in [0.29, 0.717) is 24.4 Å². The molecule has 2 aromatic rings. The first-order chi connectivity index (χ1) is 14.2. The number of carbonyl (C=O) groups excluding carboxylic acids is 2. The van der Waals surface area contributed by atoms with E-state index in [1.807, 2.05) is 6.07 Å². The van der Waals surface area contributed by atoms with Gasteiger partial charge in [0.05, 0.1) is 6.61 Å². The minimum absolute atomic E-state index is 0.138. The van der Waals surface area contributed by atoms with E-state index in [2.05, 4.69) is 33.7 Å². The van der Waals surface area contributed by atoms with Gasteiger partial charge in [-0.1, -0.05) is 30.7 Å². The van der Waals surface area contributed by atoms with Gasteiger partial charge in [0.25, 0.3) is 5.91 Å². The molecule has 0 unspecified atom stereocenters. The highest BCUT2D eigenvalue weighted by Crippen LogP contribution is 2.16. The Balaban J connectivity index is 1.55. The molecule has 1 aliphatic rings. The Bertz CT molecular complexity index is 814. The molecule has 154 valence electrons. The first-order valence-corrected chi connectivity index (χ1v) is 10.3. The van der Waals surface area contributed by atoms with Crippen molar-refractivity contribution >= 4 is 17.7 Å². The maximum Gasteiger partial charge on any atom is 0.411 e. The first-order valence-electron chi connectivity index (χ1n) is 10.3. The molecule has 1 heterocycles. The largest absolute Gasteiger partial charge is 0.450 e. The predicted octanol–water partition coefficient (Wildman–Crippen LogP) is 4.17. The van der Waals surface area contributed by atoms with E-state index in [4.69, 9.17) is 4.74 Å². The predicted molar refractivity (Wildman–Crippen MR) is 114 cm³/mol. The molecule has 29 heavy (non-hydrogen) atoms. The van der Waals surface area contributed by atoms with E-state index in [1.165, 1.54) is 24.8 Å². The van der Waals surface area contributed by atoms with Crippen molar-refractivity contribution in [2.24, 2.45) is 0 Å². The lowest BCUT2D eigenvalue weighted by Crippen LogP contribution is -2.30. The van der Waals surface area contributed by atoms with Gasteiger partial charge in [-0.15, -0.1) is 0 Å². The summed E-state index contributed by atoms with van der Waals surface area (Å²) in [5.74, 6) is -0.138. The fourth-order valence-electron chi connectivity index (χ4n) is 3.51. The second-order valence-electron chi connectivity index (χ2n) is 7.21. The molecule has 6 nitrogen and oxygen atoms in total. The highest BCUT2D eigenvalue weighted by Gasteiger charge is 2.13. The third kappa shape index (κ3) is 6.32. The molecule has 3 rings (SSSR count). The molecule has 1 saturated heterocycles. The number of hydrogen-bond donors (Lipinski definition) is 2. The van der Waals surface area contributed by atoms with E-state index in [0.717, 1.165) is 25.2 Å². The summed E-state index contributed by atoms with van der Waals surface area (Å²) in [6, 6.07) is 15.0. The zero-order valence-corrected chi connectivity index (χ0v) is 16.9. The molecule has 0 radical (unpaired) electrons. The summed E-state index contributed by atoms with van der Waals surface area (Å²) in [4.78, 5) is 26.5. The maximum absolute atomic E-state index is 12.5. The minimum atomic E-state index is -0.505. The molecular formula is C23H29N3O3. The van der Waals surface area contributed by atoms with Crippen LogP contribution in [-0.2, 0) is 17.8 Å². The Morgan fingerprint density at radius 1 is 0.966 bits per heavy atom. The summed E-state index contributed by atoms with van der Waals surface area (Å²) in [6.07, 6.45) is 3.34. The van der Waals surface area contributed by atoms with Crippen molar-refractivity contribution in [3.8, 4) is 0 Å². The van der Waals surface area contributed by atoms with E-state index in [-0.39, 0.29) is 5.91 Å². The zero-order valence-electron chi connectivity index (χ0n) is 16.9. The Morgan fingerprint density at radius 3 is 2.34 bits per heavy atom. The number of nitrogens with zero attached hydrogens (tertiary/aromatic N) is 1. The Hall–Kier alpha value is -2.86. The topological polar surface area (TPSA) is 70.7 Å². The van der Waals surface area contributed by atoms with Crippen molar-refractivity contribution in [2.75, 3.05) is 25.0 Å². The van der Waals surface area contributed by atoms with Crippen LogP contribution in [0, 0.1) is 0 Å². The number of ether oxygens (including phenoxy) is 1. The van der Waals surface area contributed by atoms with Crippen molar-refractivity contribution in [3.63, 3.8) is 0 Å². The van der Waals surface area contributed by atoms with Crippen LogP contribution in [-0.4, -0.2) is 36.6 Å². The van der Waals surface area contributed by atoms with Crippen molar-refractivity contribution in [1.82, 2.24) is 10.2 Å².